The van der Waals surface area contributed by atoms with E-state index in [1.165, 1.54) is 0 Å². The summed E-state index contributed by atoms with van der Waals surface area (Å²) in [7, 11) is 0. The molecule has 1 atom stereocenters. The molecule has 0 bridgehead atoms. The molecule has 1 aromatic carbocycles. The van der Waals surface area contributed by atoms with Crippen molar-refractivity contribution in [3.63, 3.8) is 0 Å². The minimum absolute atomic E-state index is 0.0723. The third-order valence-electron chi connectivity index (χ3n) is 3.88. The van der Waals surface area contributed by atoms with Crippen LogP contribution in [0, 0.1) is 5.92 Å². The summed E-state index contributed by atoms with van der Waals surface area (Å²) in [4.78, 5) is 14.0. The van der Waals surface area contributed by atoms with Crippen LogP contribution in [0.3, 0.4) is 0 Å². The van der Waals surface area contributed by atoms with Crippen LogP contribution in [0.2, 0.25) is 5.02 Å². The van der Waals surface area contributed by atoms with Gasteiger partial charge in [-0.3, -0.25) is 4.79 Å². The fourth-order valence-corrected chi connectivity index (χ4v) is 2.62. The van der Waals surface area contributed by atoms with E-state index in [2.05, 4.69) is 0 Å². The molecule has 0 saturated carbocycles. The van der Waals surface area contributed by atoms with Crippen molar-refractivity contribution < 1.29 is 4.79 Å². The summed E-state index contributed by atoms with van der Waals surface area (Å²) in [5.74, 6) is 0.613. The van der Waals surface area contributed by atoms with Gasteiger partial charge in [-0.1, -0.05) is 23.7 Å². The monoisotopic (exact) mass is 292 g/mol. The summed E-state index contributed by atoms with van der Waals surface area (Å²) < 4.78 is 0. The van der Waals surface area contributed by atoms with Crippen LogP contribution >= 0.6 is 11.6 Å². The Balaban J connectivity index is 1.88. The van der Waals surface area contributed by atoms with Gasteiger partial charge in [-0.2, -0.15) is 0 Å². The van der Waals surface area contributed by atoms with E-state index in [1.54, 1.807) is 6.08 Å². The first-order chi connectivity index (χ1) is 9.56. The quantitative estimate of drug-likeness (QED) is 0.871. The normalized spacial score (nSPS) is 18.4. The average Bonchev–Trinajstić information content (AvgIpc) is 2.46. The Morgan fingerprint density at radius 2 is 1.95 bits per heavy atom. The van der Waals surface area contributed by atoms with Crippen LogP contribution in [0.4, 0.5) is 0 Å². The molecule has 1 saturated heterocycles. The Hall–Kier alpha value is -1.32. The first-order valence-corrected chi connectivity index (χ1v) is 7.42. The summed E-state index contributed by atoms with van der Waals surface area (Å²) in [5, 5.41) is 0.700. The zero-order chi connectivity index (χ0) is 14.5. The lowest BCUT2D eigenvalue weighted by molar-refractivity contribution is -0.127. The number of nitrogens with two attached hydrogens (primary N) is 1. The van der Waals surface area contributed by atoms with E-state index in [0.717, 1.165) is 31.5 Å². The number of hydrogen-bond acceptors (Lipinski definition) is 2. The molecule has 1 amide bonds. The second kappa shape index (κ2) is 6.91. The lowest BCUT2D eigenvalue weighted by atomic mass is 9.91. The number of nitrogens with zero attached hydrogens (tertiary/aromatic N) is 1. The third kappa shape index (κ3) is 4.09. The molecule has 0 aromatic heterocycles. The Kier molecular flexibility index (Phi) is 5.21. The van der Waals surface area contributed by atoms with E-state index in [1.807, 2.05) is 42.2 Å². The van der Waals surface area contributed by atoms with Crippen molar-refractivity contribution in [3.05, 3.63) is 40.9 Å². The maximum absolute atomic E-state index is 12.1. The largest absolute Gasteiger partial charge is 0.339 e. The van der Waals surface area contributed by atoms with E-state index in [9.17, 15) is 4.79 Å². The number of carbonyl (C=O) groups is 1. The number of rotatable bonds is 3. The molecule has 0 radical (unpaired) electrons. The van der Waals surface area contributed by atoms with Gasteiger partial charge in [0, 0.05) is 30.2 Å². The molecule has 2 rings (SSSR count). The van der Waals surface area contributed by atoms with E-state index in [-0.39, 0.29) is 11.9 Å². The molecule has 0 spiro atoms. The standard InChI is InChI=1S/C16H21ClN2O/c1-12(18)14-8-10-19(11-9-14)16(20)7-4-13-2-5-15(17)6-3-13/h2-7,12,14H,8-11,18H2,1H3. The molecule has 1 aliphatic rings. The molecular formula is C16H21ClN2O. The predicted octanol–water partition coefficient (Wildman–Crippen LogP) is 2.94. The van der Waals surface area contributed by atoms with Crippen LogP contribution in [-0.2, 0) is 4.79 Å². The molecule has 3 nitrogen and oxygen atoms in total. The summed E-state index contributed by atoms with van der Waals surface area (Å²) in [6, 6.07) is 7.65. The Morgan fingerprint density at radius 3 is 2.50 bits per heavy atom. The number of halogens is 1. The summed E-state index contributed by atoms with van der Waals surface area (Å²) in [6.45, 7) is 3.65. The molecule has 1 aliphatic heterocycles. The number of amides is 1. The SMILES string of the molecule is CC(N)C1CCN(C(=O)C=Cc2ccc(Cl)cc2)CC1. The van der Waals surface area contributed by atoms with Gasteiger partial charge in [-0.05, 0) is 49.5 Å². The van der Waals surface area contributed by atoms with Crippen LogP contribution in [0.1, 0.15) is 25.3 Å². The lowest BCUT2D eigenvalue weighted by Crippen LogP contribution is -2.41. The highest BCUT2D eigenvalue weighted by Crippen LogP contribution is 2.20. The van der Waals surface area contributed by atoms with Gasteiger partial charge in [0.2, 0.25) is 5.91 Å². The van der Waals surface area contributed by atoms with Gasteiger partial charge in [0.15, 0.2) is 0 Å². The van der Waals surface area contributed by atoms with E-state index >= 15 is 0 Å². The van der Waals surface area contributed by atoms with E-state index < -0.39 is 0 Å². The molecule has 4 heteroatoms. The second-order valence-electron chi connectivity index (χ2n) is 5.41. The molecule has 0 aliphatic carbocycles. The summed E-state index contributed by atoms with van der Waals surface area (Å²) in [6.07, 6.45) is 5.46. The molecule has 20 heavy (non-hydrogen) atoms. The van der Waals surface area contributed by atoms with Gasteiger partial charge < -0.3 is 10.6 Å². The first kappa shape index (κ1) is 15.1. The molecule has 1 fully saturated rings. The van der Waals surface area contributed by atoms with Crippen LogP contribution in [0.5, 0.6) is 0 Å². The van der Waals surface area contributed by atoms with Crippen molar-refractivity contribution in [2.45, 2.75) is 25.8 Å². The zero-order valence-electron chi connectivity index (χ0n) is 11.8. The van der Waals surface area contributed by atoms with E-state index in [4.69, 9.17) is 17.3 Å². The topological polar surface area (TPSA) is 46.3 Å². The van der Waals surface area contributed by atoms with Gasteiger partial charge in [0.25, 0.3) is 0 Å². The highest BCUT2D eigenvalue weighted by molar-refractivity contribution is 6.30. The number of benzene rings is 1. The molecule has 1 aromatic rings. The molecular weight excluding hydrogens is 272 g/mol. The van der Waals surface area contributed by atoms with Crippen LogP contribution in [0.15, 0.2) is 30.3 Å². The minimum atomic E-state index is 0.0723. The average molecular weight is 293 g/mol. The minimum Gasteiger partial charge on any atom is -0.339 e. The van der Waals surface area contributed by atoms with Crippen LogP contribution < -0.4 is 5.73 Å². The number of likely N-dealkylation sites (tertiary alicyclic amines) is 1. The predicted molar refractivity (Wildman–Crippen MR) is 83.4 cm³/mol. The highest BCUT2D eigenvalue weighted by Gasteiger charge is 2.23. The Morgan fingerprint density at radius 1 is 1.35 bits per heavy atom. The van der Waals surface area contributed by atoms with Crippen molar-refractivity contribution in [2.24, 2.45) is 11.7 Å². The smallest absolute Gasteiger partial charge is 0.246 e. The molecule has 1 heterocycles. The Labute approximate surface area is 125 Å². The first-order valence-electron chi connectivity index (χ1n) is 7.04. The second-order valence-corrected chi connectivity index (χ2v) is 5.84. The number of hydrogen-bond donors (Lipinski definition) is 1. The highest BCUT2D eigenvalue weighted by atomic mass is 35.5. The van der Waals surface area contributed by atoms with Crippen molar-refractivity contribution in [1.82, 2.24) is 4.90 Å². The van der Waals surface area contributed by atoms with Gasteiger partial charge in [0.05, 0.1) is 0 Å². The molecule has 1 unspecified atom stereocenters. The van der Waals surface area contributed by atoms with Crippen molar-refractivity contribution in [3.8, 4) is 0 Å². The maximum atomic E-state index is 12.1. The van der Waals surface area contributed by atoms with E-state index in [0.29, 0.717) is 10.9 Å². The molecule has 108 valence electrons. The fraction of sp³-hybridized carbons (Fsp3) is 0.438. The third-order valence-corrected chi connectivity index (χ3v) is 4.14. The Bertz CT molecular complexity index is 474. The summed E-state index contributed by atoms with van der Waals surface area (Å²) >= 11 is 5.83. The van der Waals surface area contributed by atoms with Gasteiger partial charge in [-0.25, -0.2) is 0 Å². The zero-order valence-corrected chi connectivity index (χ0v) is 12.5. The maximum Gasteiger partial charge on any atom is 0.246 e. The van der Waals surface area contributed by atoms with Crippen molar-refractivity contribution in [2.75, 3.05) is 13.1 Å². The van der Waals surface area contributed by atoms with Crippen LogP contribution in [0.25, 0.3) is 6.08 Å². The van der Waals surface area contributed by atoms with Crippen LogP contribution in [-0.4, -0.2) is 29.9 Å². The molecule has 2 N–H and O–H groups in total. The number of piperidine rings is 1. The van der Waals surface area contributed by atoms with Gasteiger partial charge in [0.1, 0.15) is 0 Å². The summed E-state index contributed by atoms with van der Waals surface area (Å²) in [5.41, 5.74) is 6.89. The van der Waals surface area contributed by atoms with Crippen molar-refractivity contribution >= 4 is 23.6 Å². The number of carbonyl (C=O) groups excluding carboxylic acids is 1. The van der Waals surface area contributed by atoms with Gasteiger partial charge >= 0.3 is 0 Å². The van der Waals surface area contributed by atoms with Gasteiger partial charge in [-0.15, -0.1) is 0 Å². The van der Waals surface area contributed by atoms with Crippen molar-refractivity contribution in [1.29, 1.82) is 0 Å². The lowest BCUT2D eigenvalue weighted by Gasteiger charge is -2.33. The fourth-order valence-electron chi connectivity index (χ4n) is 2.49.